The molecule has 0 spiro atoms. The number of carboxylic acid groups (broad SMARTS) is 1. The predicted octanol–water partition coefficient (Wildman–Crippen LogP) is 1.46. The minimum atomic E-state index is -2.90. The van der Waals surface area contributed by atoms with Crippen molar-refractivity contribution < 1.29 is 28.2 Å². The number of carbonyl (C=O) groups excluding carboxylic acids is 1. The van der Waals surface area contributed by atoms with Crippen LogP contribution in [0.15, 0.2) is 11.8 Å². The molecule has 6 heteroatoms. The zero-order valence-corrected chi connectivity index (χ0v) is 8.15. The van der Waals surface area contributed by atoms with Crippen LogP contribution in [0.1, 0.15) is 13.3 Å². The summed E-state index contributed by atoms with van der Waals surface area (Å²) in [5.41, 5.74) is -0.584. The van der Waals surface area contributed by atoms with Crippen molar-refractivity contribution in [3.63, 3.8) is 0 Å². The third-order valence-corrected chi connectivity index (χ3v) is 1.68. The van der Waals surface area contributed by atoms with Gasteiger partial charge >= 0.3 is 5.97 Å². The number of ether oxygens (including phenoxy) is 1. The van der Waals surface area contributed by atoms with Crippen LogP contribution in [-0.2, 0) is 14.3 Å². The maximum atomic E-state index is 12.4. The molecular weight excluding hydrogens is 210 g/mol. The van der Waals surface area contributed by atoms with Gasteiger partial charge in [-0.3, -0.25) is 0 Å². The van der Waals surface area contributed by atoms with Crippen molar-refractivity contribution in [3.05, 3.63) is 11.8 Å². The van der Waals surface area contributed by atoms with Crippen LogP contribution < -0.4 is 0 Å². The number of rotatable bonds is 7. The molecule has 0 bridgehead atoms. The lowest BCUT2D eigenvalue weighted by Gasteiger charge is -2.13. The van der Waals surface area contributed by atoms with E-state index in [2.05, 4.69) is 4.74 Å². The molecule has 0 saturated heterocycles. The molecule has 0 heterocycles. The number of hydrogen-bond donors (Lipinski definition) is 1. The highest BCUT2D eigenvalue weighted by molar-refractivity contribution is 5.87. The molecule has 0 saturated carbocycles. The number of alkyl halides is 2. The van der Waals surface area contributed by atoms with E-state index in [0.29, 0.717) is 0 Å². The second-order valence-corrected chi connectivity index (χ2v) is 2.68. The number of hydrogen-bond acceptors (Lipinski definition) is 3. The number of carboxylic acids is 1. The lowest BCUT2D eigenvalue weighted by atomic mass is 9.98. The van der Waals surface area contributed by atoms with Gasteiger partial charge in [0.2, 0.25) is 6.43 Å². The van der Waals surface area contributed by atoms with Crippen LogP contribution in [0.5, 0.6) is 0 Å². The largest absolute Gasteiger partial charge is 0.501 e. The van der Waals surface area contributed by atoms with Crippen molar-refractivity contribution in [2.45, 2.75) is 19.8 Å². The van der Waals surface area contributed by atoms with Crippen LogP contribution in [0.2, 0.25) is 0 Å². The molecule has 1 atom stereocenters. The summed E-state index contributed by atoms with van der Waals surface area (Å²) in [5.74, 6) is -3.12. The van der Waals surface area contributed by atoms with Crippen molar-refractivity contribution in [2.75, 3.05) is 6.61 Å². The zero-order chi connectivity index (χ0) is 11.8. The summed E-state index contributed by atoms with van der Waals surface area (Å²) in [6.45, 7) is 1.76. The summed E-state index contributed by atoms with van der Waals surface area (Å²) in [6, 6.07) is 0. The van der Waals surface area contributed by atoms with Gasteiger partial charge in [-0.05, 0) is 6.92 Å². The molecule has 0 aliphatic carbocycles. The van der Waals surface area contributed by atoms with E-state index in [1.54, 1.807) is 6.92 Å². The monoisotopic (exact) mass is 222 g/mol. The van der Waals surface area contributed by atoms with Crippen molar-refractivity contribution in [1.82, 2.24) is 0 Å². The highest BCUT2D eigenvalue weighted by atomic mass is 19.3. The fraction of sp³-hybridized carbons (Fsp3) is 0.556. The first-order valence-corrected chi connectivity index (χ1v) is 4.31. The second-order valence-electron chi connectivity index (χ2n) is 2.68. The lowest BCUT2D eigenvalue weighted by molar-refractivity contribution is -0.134. The van der Waals surface area contributed by atoms with Gasteiger partial charge in [0.25, 0.3) is 0 Å². The molecule has 1 N–H and O–H groups in total. The first kappa shape index (κ1) is 13.5. The minimum Gasteiger partial charge on any atom is -0.501 e. The quantitative estimate of drug-likeness (QED) is 0.402. The molecule has 0 aromatic carbocycles. The Morgan fingerprint density at radius 2 is 2.13 bits per heavy atom. The van der Waals surface area contributed by atoms with Crippen LogP contribution in [0.25, 0.3) is 0 Å². The average Bonchev–Trinajstić information content (AvgIpc) is 2.16. The smallest absolute Gasteiger partial charge is 0.335 e. The number of halogens is 2. The molecule has 0 fully saturated rings. The Labute approximate surface area is 85.5 Å². The van der Waals surface area contributed by atoms with Crippen LogP contribution in [0.4, 0.5) is 8.78 Å². The normalized spacial score (nSPS) is 13.7. The van der Waals surface area contributed by atoms with Crippen molar-refractivity contribution in [2.24, 2.45) is 5.92 Å². The van der Waals surface area contributed by atoms with Crippen LogP contribution in [-0.4, -0.2) is 30.4 Å². The van der Waals surface area contributed by atoms with Gasteiger partial charge < -0.3 is 14.6 Å². The molecule has 15 heavy (non-hydrogen) atoms. The topological polar surface area (TPSA) is 63.6 Å². The van der Waals surface area contributed by atoms with Crippen molar-refractivity contribution >= 4 is 12.3 Å². The second kappa shape index (κ2) is 6.92. The molecule has 0 amide bonds. The lowest BCUT2D eigenvalue weighted by Crippen LogP contribution is -2.20. The maximum absolute atomic E-state index is 12.4. The Morgan fingerprint density at radius 3 is 2.47 bits per heavy atom. The van der Waals surface area contributed by atoms with Crippen LogP contribution in [0, 0.1) is 5.92 Å². The molecule has 86 valence electrons. The van der Waals surface area contributed by atoms with Crippen molar-refractivity contribution in [1.29, 1.82) is 0 Å². The van der Waals surface area contributed by atoms with E-state index in [1.165, 1.54) is 0 Å². The van der Waals surface area contributed by atoms with Gasteiger partial charge in [0.05, 0.1) is 24.4 Å². The van der Waals surface area contributed by atoms with Gasteiger partial charge in [-0.25, -0.2) is 13.6 Å². The van der Waals surface area contributed by atoms with Gasteiger partial charge in [-0.1, -0.05) is 0 Å². The summed E-state index contributed by atoms with van der Waals surface area (Å²) in [4.78, 5) is 20.8. The van der Waals surface area contributed by atoms with Crippen molar-refractivity contribution in [3.8, 4) is 0 Å². The van der Waals surface area contributed by atoms with Crippen LogP contribution >= 0.6 is 0 Å². The zero-order valence-electron chi connectivity index (χ0n) is 8.15. The summed E-state index contributed by atoms with van der Waals surface area (Å²) in [7, 11) is 0. The number of carbonyl (C=O) groups is 2. The van der Waals surface area contributed by atoms with Gasteiger partial charge in [0, 0.05) is 6.42 Å². The maximum Gasteiger partial charge on any atom is 0.335 e. The molecular formula is C9H12F2O4. The summed E-state index contributed by atoms with van der Waals surface area (Å²) < 4.78 is 29.5. The molecule has 0 rings (SSSR count). The molecule has 0 aromatic heterocycles. The van der Waals surface area contributed by atoms with E-state index in [9.17, 15) is 18.4 Å². The Kier molecular flexibility index (Phi) is 6.24. The third kappa shape index (κ3) is 4.53. The SMILES string of the molecule is CCO/C=C(/C(=O)O)C(CC=O)C(F)F. The van der Waals surface area contributed by atoms with E-state index in [1.807, 2.05) is 0 Å². The first-order valence-electron chi connectivity index (χ1n) is 4.31. The van der Waals surface area contributed by atoms with Gasteiger partial charge in [-0.2, -0.15) is 0 Å². The van der Waals surface area contributed by atoms with Gasteiger partial charge in [-0.15, -0.1) is 0 Å². The predicted molar refractivity (Wildman–Crippen MR) is 47.5 cm³/mol. The Balaban J connectivity index is 4.82. The summed E-state index contributed by atoms with van der Waals surface area (Å²) >= 11 is 0. The van der Waals surface area contributed by atoms with E-state index >= 15 is 0 Å². The Bertz CT molecular complexity index is 250. The molecule has 1 unspecified atom stereocenters. The van der Waals surface area contributed by atoms with E-state index in [4.69, 9.17) is 5.11 Å². The fourth-order valence-corrected chi connectivity index (χ4v) is 0.939. The molecule has 0 aliphatic heterocycles. The molecule has 0 aliphatic rings. The number of aliphatic carboxylic acids is 1. The van der Waals surface area contributed by atoms with Gasteiger partial charge in [0.1, 0.15) is 6.29 Å². The Morgan fingerprint density at radius 1 is 1.53 bits per heavy atom. The van der Waals surface area contributed by atoms with E-state index in [0.717, 1.165) is 6.26 Å². The minimum absolute atomic E-state index is 0.174. The Hall–Kier alpha value is -1.46. The summed E-state index contributed by atoms with van der Waals surface area (Å²) in [6.07, 6.45) is -2.41. The molecule has 0 radical (unpaired) electrons. The third-order valence-electron chi connectivity index (χ3n) is 1.68. The van der Waals surface area contributed by atoms with Crippen LogP contribution in [0.3, 0.4) is 0 Å². The first-order chi connectivity index (χ1) is 7.04. The standard InChI is InChI=1S/C9H12F2O4/c1-2-15-5-7(9(13)14)6(3-4-12)8(10)11/h4-6,8H,2-3H2,1H3,(H,13,14)/b7-5+. The average molecular weight is 222 g/mol. The number of aldehydes is 1. The van der Waals surface area contributed by atoms with E-state index < -0.39 is 30.3 Å². The van der Waals surface area contributed by atoms with E-state index in [-0.39, 0.29) is 12.9 Å². The highest BCUT2D eigenvalue weighted by Gasteiger charge is 2.29. The summed E-state index contributed by atoms with van der Waals surface area (Å²) in [5, 5.41) is 8.65. The highest BCUT2D eigenvalue weighted by Crippen LogP contribution is 2.22. The fourth-order valence-electron chi connectivity index (χ4n) is 0.939. The molecule has 4 nitrogen and oxygen atoms in total. The van der Waals surface area contributed by atoms with Gasteiger partial charge in [0.15, 0.2) is 0 Å². The molecule has 0 aromatic rings.